The number of benzene rings is 1. The van der Waals surface area contributed by atoms with E-state index in [-0.39, 0.29) is 24.3 Å². The number of thiophene rings is 1. The number of hydrogen-bond donors (Lipinski definition) is 0. The van der Waals surface area contributed by atoms with Crippen LogP contribution in [0.25, 0.3) is 20.7 Å². The molecule has 4 aromatic rings. The molecular formula is C28H29ClN4O4S. The van der Waals surface area contributed by atoms with Crippen molar-refractivity contribution < 1.29 is 14.3 Å². The highest BCUT2D eigenvalue weighted by Crippen LogP contribution is 2.31. The first-order chi connectivity index (χ1) is 18.1. The fraction of sp³-hybridized carbons (Fsp3) is 0.357. The second-order valence-electron chi connectivity index (χ2n) is 10.3. The number of hydrogen-bond acceptors (Lipinski definition) is 7. The van der Waals surface area contributed by atoms with Crippen LogP contribution in [0.3, 0.4) is 0 Å². The van der Waals surface area contributed by atoms with Crippen LogP contribution in [0.4, 0.5) is 4.79 Å². The maximum absolute atomic E-state index is 13.2. The Labute approximate surface area is 229 Å². The Bertz CT molecular complexity index is 1500. The lowest BCUT2D eigenvalue weighted by atomic mass is 10.1. The number of fused-ring (bicyclic) bond motifs is 1. The van der Waals surface area contributed by atoms with E-state index in [1.807, 2.05) is 69.3 Å². The quantitative estimate of drug-likeness (QED) is 0.302. The highest BCUT2D eigenvalue weighted by Gasteiger charge is 2.27. The molecular weight excluding hydrogens is 524 g/mol. The van der Waals surface area contributed by atoms with Crippen molar-refractivity contribution in [1.82, 2.24) is 19.4 Å². The first-order valence-electron chi connectivity index (χ1n) is 12.5. The van der Waals surface area contributed by atoms with Crippen molar-refractivity contribution in [2.24, 2.45) is 0 Å². The van der Waals surface area contributed by atoms with Crippen molar-refractivity contribution in [2.45, 2.75) is 51.9 Å². The van der Waals surface area contributed by atoms with Gasteiger partial charge < -0.3 is 14.4 Å². The molecule has 4 heterocycles. The van der Waals surface area contributed by atoms with E-state index >= 15 is 0 Å². The fourth-order valence-corrected chi connectivity index (χ4v) is 5.44. The molecule has 1 aromatic carbocycles. The summed E-state index contributed by atoms with van der Waals surface area (Å²) in [6.07, 6.45) is 2.61. The second kappa shape index (κ2) is 10.7. The van der Waals surface area contributed by atoms with Crippen LogP contribution < -0.4 is 10.3 Å². The zero-order valence-corrected chi connectivity index (χ0v) is 23.1. The van der Waals surface area contributed by atoms with Gasteiger partial charge in [-0.3, -0.25) is 9.36 Å². The zero-order valence-electron chi connectivity index (χ0n) is 21.5. The monoisotopic (exact) mass is 552 g/mol. The number of amides is 1. The van der Waals surface area contributed by atoms with Crippen LogP contribution in [0.1, 0.15) is 39.3 Å². The largest absolute Gasteiger partial charge is 0.474 e. The summed E-state index contributed by atoms with van der Waals surface area (Å²) >= 11 is 7.42. The molecule has 0 spiro atoms. The molecule has 0 aliphatic carbocycles. The molecule has 1 aliphatic heterocycles. The molecule has 1 amide bonds. The van der Waals surface area contributed by atoms with Crippen LogP contribution >= 0.6 is 22.9 Å². The molecule has 3 aromatic heterocycles. The number of ether oxygens (including phenoxy) is 2. The molecule has 0 bridgehead atoms. The van der Waals surface area contributed by atoms with Crippen molar-refractivity contribution in [1.29, 1.82) is 0 Å². The third-order valence-electron chi connectivity index (χ3n) is 6.13. The molecule has 198 valence electrons. The van der Waals surface area contributed by atoms with Gasteiger partial charge in [0.05, 0.1) is 24.1 Å². The summed E-state index contributed by atoms with van der Waals surface area (Å²) in [4.78, 5) is 37.3. The molecule has 38 heavy (non-hydrogen) atoms. The van der Waals surface area contributed by atoms with E-state index in [0.717, 1.165) is 10.4 Å². The first-order valence-corrected chi connectivity index (χ1v) is 13.7. The number of carbonyl (C=O) groups excluding carboxylic acids is 1. The number of likely N-dealkylation sites (tertiary alicyclic amines) is 1. The predicted octanol–water partition coefficient (Wildman–Crippen LogP) is 6.00. The smallest absolute Gasteiger partial charge is 0.410 e. The zero-order chi connectivity index (χ0) is 26.9. The Morgan fingerprint density at radius 2 is 1.87 bits per heavy atom. The summed E-state index contributed by atoms with van der Waals surface area (Å²) in [7, 11) is 0. The number of halogens is 1. The third kappa shape index (κ3) is 6.16. The number of carbonyl (C=O) groups is 1. The van der Waals surface area contributed by atoms with Crippen molar-refractivity contribution in [2.75, 3.05) is 13.1 Å². The van der Waals surface area contributed by atoms with Crippen LogP contribution in [0, 0.1) is 0 Å². The van der Waals surface area contributed by atoms with E-state index < -0.39 is 5.60 Å². The van der Waals surface area contributed by atoms with Crippen LogP contribution in [0.5, 0.6) is 5.88 Å². The third-order valence-corrected chi connectivity index (χ3v) is 7.54. The van der Waals surface area contributed by atoms with Crippen molar-refractivity contribution in [3.05, 3.63) is 75.9 Å². The Hall–Kier alpha value is -3.43. The number of rotatable bonds is 5. The number of aromatic nitrogens is 3. The summed E-state index contributed by atoms with van der Waals surface area (Å²) in [5, 5.41) is 0.667. The van der Waals surface area contributed by atoms with Gasteiger partial charge in [-0.05, 0) is 50.6 Å². The molecule has 1 aliphatic rings. The van der Waals surface area contributed by atoms with Gasteiger partial charge in [0.1, 0.15) is 16.4 Å². The number of pyridine rings is 1. The molecule has 0 saturated carbocycles. The van der Waals surface area contributed by atoms with Crippen LogP contribution in [-0.2, 0) is 11.3 Å². The highest BCUT2D eigenvalue weighted by molar-refractivity contribution is 7.22. The summed E-state index contributed by atoms with van der Waals surface area (Å²) in [5.41, 5.74) is 1.74. The number of piperidine rings is 1. The maximum Gasteiger partial charge on any atom is 0.410 e. The summed E-state index contributed by atoms with van der Waals surface area (Å²) in [6.45, 7) is 7.00. The van der Waals surface area contributed by atoms with Gasteiger partial charge in [0.2, 0.25) is 5.88 Å². The molecule has 0 radical (unpaired) electrons. The SMILES string of the molecule is CC(C)(C)OC(=O)N1CCC(Oc2cccc(Cn3cnc4cc(-c5ccc(Cl)cc5)sc4c3=O)n2)CC1. The van der Waals surface area contributed by atoms with Gasteiger partial charge in [0.25, 0.3) is 5.56 Å². The molecule has 0 unspecified atom stereocenters. The summed E-state index contributed by atoms with van der Waals surface area (Å²) in [5.74, 6) is 0.501. The fourth-order valence-electron chi connectivity index (χ4n) is 4.25. The molecule has 10 heteroatoms. The highest BCUT2D eigenvalue weighted by atomic mass is 35.5. The summed E-state index contributed by atoms with van der Waals surface area (Å²) < 4.78 is 13.8. The van der Waals surface area contributed by atoms with E-state index in [0.29, 0.717) is 52.7 Å². The Morgan fingerprint density at radius 3 is 2.58 bits per heavy atom. The molecule has 0 atom stereocenters. The Morgan fingerprint density at radius 1 is 1.13 bits per heavy atom. The van der Waals surface area contributed by atoms with Crippen molar-refractivity contribution in [3.63, 3.8) is 0 Å². The van der Waals surface area contributed by atoms with Crippen LogP contribution in [0.2, 0.25) is 5.02 Å². The predicted molar refractivity (Wildman–Crippen MR) is 149 cm³/mol. The lowest BCUT2D eigenvalue weighted by Crippen LogP contribution is -2.44. The minimum absolute atomic E-state index is 0.0467. The van der Waals surface area contributed by atoms with Gasteiger partial charge in [-0.15, -0.1) is 11.3 Å². The van der Waals surface area contributed by atoms with E-state index in [4.69, 9.17) is 21.1 Å². The van der Waals surface area contributed by atoms with Crippen molar-refractivity contribution >= 4 is 39.2 Å². The van der Waals surface area contributed by atoms with E-state index in [9.17, 15) is 9.59 Å². The van der Waals surface area contributed by atoms with E-state index in [1.54, 1.807) is 15.8 Å². The lowest BCUT2D eigenvalue weighted by molar-refractivity contribution is 0.0123. The molecule has 8 nitrogen and oxygen atoms in total. The average molecular weight is 553 g/mol. The van der Waals surface area contributed by atoms with Gasteiger partial charge in [0, 0.05) is 41.9 Å². The van der Waals surface area contributed by atoms with Crippen LogP contribution in [-0.4, -0.2) is 50.3 Å². The van der Waals surface area contributed by atoms with Crippen molar-refractivity contribution in [3.8, 4) is 16.3 Å². The van der Waals surface area contributed by atoms with Gasteiger partial charge >= 0.3 is 6.09 Å². The Balaban J connectivity index is 1.24. The molecule has 1 saturated heterocycles. The standard InChI is InChI=1S/C28H29ClN4O4S/c1-28(2,3)37-27(35)32-13-11-21(12-14-32)36-24-6-4-5-20(31-24)16-33-17-30-22-15-23(38-25(22)26(33)34)18-7-9-19(29)10-8-18/h4-10,15,17,21H,11-14,16H2,1-3H3. The molecule has 1 fully saturated rings. The van der Waals surface area contributed by atoms with Gasteiger partial charge in [-0.2, -0.15) is 0 Å². The van der Waals surface area contributed by atoms with E-state index in [2.05, 4.69) is 9.97 Å². The average Bonchev–Trinajstić information content (AvgIpc) is 3.31. The topological polar surface area (TPSA) is 86.5 Å². The Kier molecular flexibility index (Phi) is 7.40. The first kappa shape index (κ1) is 26.2. The normalized spacial score (nSPS) is 14.6. The van der Waals surface area contributed by atoms with E-state index in [1.165, 1.54) is 11.3 Å². The van der Waals surface area contributed by atoms with Gasteiger partial charge in [-0.1, -0.05) is 29.8 Å². The van der Waals surface area contributed by atoms with Gasteiger partial charge in [-0.25, -0.2) is 14.8 Å². The number of nitrogens with zero attached hydrogens (tertiary/aromatic N) is 4. The van der Waals surface area contributed by atoms with Crippen LogP contribution in [0.15, 0.2) is 59.7 Å². The lowest BCUT2D eigenvalue weighted by Gasteiger charge is -2.33. The molecule has 5 rings (SSSR count). The van der Waals surface area contributed by atoms with Gasteiger partial charge in [0.15, 0.2) is 0 Å². The maximum atomic E-state index is 13.2. The molecule has 0 N–H and O–H groups in total. The summed E-state index contributed by atoms with van der Waals surface area (Å²) in [6, 6.07) is 15.0. The minimum Gasteiger partial charge on any atom is -0.474 e. The minimum atomic E-state index is -0.515. The second-order valence-corrected chi connectivity index (χ2v) is 11.7.